The smallest absolute Gasteiger partial charge is 0.457 e. The predicted octanol–water partition coefficient (Wildman–Crippen LogP) is 9.10. The molecule has 0 atom stereocenters. The molecule has 0 spiro atoms. The van der Waals surface area contributed by atoms with Gasteiger partial charge in [-0.25, -0.2) is 0 Å². The van der Waals surface area contributed by atoms with Gasteiger partial charge in [-0.3, -0.25) is 4.98 Å². The summed E-state index contributed by atoms with van der Waals surface area (Å²) in [5.41, 5.74) is 4.95. The Balaban J connectivity index is 1.21. The molecular formula is C37H27N3O2+2. The molecule has 0 saturated carbocycles. The molecule has 1 aromatic heterocycles. The van der Waals surface area contributed by atoms with Crippen molar-refractivity contribution in [3.8, 4) is 45.4 Å². The third kappa shape index (κ3) is 5.33. The van der Waals surface area contributed by atoms with Crippen LogP contribution < -0.4 is 9.47 Å². The Morgan fingerprint density at radius 3 is 2.21 bits per heavy atom. The third-order valence-electron chi connectivity index (χ3n) is 7.05. The molecule has 42 heavy (non-hydrogen) atoms. The summed E-state index contributed by atoms with van der Waals surface area (Å²) >= 11 is 0. The van der Waals surface area contributed by atoms with Gasteiger partial charge in [-0.1, -0.05) is 69.8 Å². The van der Waals surface area contributed by atoms with Crippen molar-refractivity contribution < 1.29 is 18.6 Å². The van der Waals surface area contributed by atoms with Crippen molar-refractivity contribution in [1.82, 2.24) is 4.98 Å². The largest absolute Gasteiger partial charge is 0.495 e. The van der Waals surface area contributed by atoms with Gasteiger partial charge in [-0.05, 0) is 76.5 Å². The molecular weight excluding hydrogens is 518 g/mol. The van der Waals surface area contributed by atoms with Crippen LogP contribution in [0.4, 0.5) is 5.69 Å². The lowest BCUT2D eigenvalue weighted by molar-refractivity contribution is -0.429. The quantitative estimate of drug-likeness (QED) is 0.188. The first-order valence-electron chi connectivity index (χ1n) is 13.8. The molecule has 6 aromatic rings. The summed E-state index contributed by atoms with van der Waals surface area (Å²) in [5.74, 6) is 3.08. The van der Waals surface area contributed by atoms with E-state index in [4.69, 9.17) is 14.5 Å². The molecule has 5 aromatic carbocycles. The number of fused-ring (bicyclic) bond motifs is 1. The minimum absolute atomic E-state index is 0.739. The predicted molar refractivity (Wildman–Crippen MR) is 166 cm³/mol. The summed E-state index contributed by atoms with van der Waals surface area (Å²) < 4.78 is 16.3. The SMILES string of the molecule is C[N+]1=C=[N+](c2cccc(Oc3cccc(-c4cc(-c5cc(Oc6ccccc6)cc6ccccc56)ccn4)c3)c2)C=C1. The van der Waals surface area contributed by atoms with Crippen LogP contribution in [0.2, 0.25) is 0 Å². The van der Waals surface area contributed by atoms with E-state index >= 15 is 0 Å². The first-order valence-corrected chi connectivity index (χ1v) is 13.8. The second-order valence-electron chi connectivity index (χ2n) is 10.0. The van der Waals surface area contributed by atoms with Gasteiger partial charge in [0.05, 0.1) is 11.8 Å². The highest BCUT2D eigenvalue weighted by molar-refractivity contribution is 5.98. The maximum Gasteiger partial charge on any atom is 0.495 e. The molecule has 200 valence electrons. The molecule has 0 saturated heterocycles. The van der Waals surface area contributed by atoms with Crippen LogP contribution in [-0.2, 0) is 0 Å². The van der Waals surface area contributed by atoms with Crippen molar-refractivity contribution in [2.24, 2.45) is 0 Å². The Hall–Kier alpha value is -5.77. The monoisotopic (exact) mass is 545 g/mol. The summed E-state index contributed by atoms with van der Waals surface area (Å²) in [6.45, 7) is 0. The molecule has 7 rings (SSSR count). The number of pyridine rings is 1. The van der Waals surface area contributed by atoms with E-state index in [0.717, 1.165) is 61.8 Å². The molecule has 0 amide bonds. The van der Waals surface area contributed by atoms with Gasteiger partial charge < -0.3 is 9.47 Å². The number of rotatable bonds is 7. The number of para-hydroxylation sites is 1. The van der Waals surface area contributed by atoms with E-state index in [1.807, 2.05) is 120 Å². The number of hydrogen-bond acceptors (Lipinski definition) is 3. The van der Waals surface area contributed by atoms with Crippen LogP contribution >= 0.6 is 0 Å². The minimum atomic E-state index is 0.739. The van der Waals surface area contributed by atoms with Crippen molar-refractivity contribution in [3.63, 3.8) is 0 Å². The maximum absolute atomic E-state index is 6.28. The minimum Gasteiger partial charge on any atom is -0.457 e. The average molecular weight is 546 g/mol. The Labute approximate surface area is 244 Å². The third-order valence-corrected chi connectivity index (χ3v) is 7.05. The number of hydrogen-bond donors (Lipinski definition) is 0. The van der Waals surface area contributed by atoms with Crippen molar-refractivity contribution in [1.29, 1.82) is 0 Å². The normalized spacial score (nSPS) is 12.2. The van der Waals surface area contributed by atoms with Gasteiger partial charge in [0.25, 0.3) is 6.20 Å². The highest BCUT2D eigenvalue weighted by atomic mass is 16.5. The van der Waals surface area contributed by atoms with E-state index in [-0.39, 0.29) is 0 Å². The van der Waals surface area contributed by atoms with Crippen molar-refractivity contribution in [3.05, 3.63) is 146 Å². The van der Waals surface area contributed by atoms with E-state index in [2.05, 4.69) is 48.5 Å². The molecule has 0 aliphatic carbocycles. The van der Waals surface area contributed by atoms with Gasteiger partial charge in [0.1, 0.15) is 23.0 Å². The molecule has 5 heteroatoms. The summed E-state index contributed by atoms with van der Waals surface area (Å²) in [5, 5.41) is 2.27. The maximum atomic E-state index is 6.28. The molecule has 2 heterocycles. The molecule has 0 N–H and O–H groups in total. The van der Waals surface area contributed by atoms with Crippen LogP contribution in [0.25, 0.3) is 33.2 Å². The Morgan fingerprint density at radius 2 is 1.36 bits per heavy atom. The summed E-state index contributed by atoms with van der Waals surface area (Å²) in [7, 11) is 1.95. The van der Waals surface area contributed by atoms with Crippen molar-refractivity contribution >= 4 is 22.5 Å². The van der Waals surface area contributed by atoms with Crippen molar-refractivity contribution in [2.75, 3.05) is 7.05 Å². The van der Waals surface area contributed by atoms with E-state index in [1.165, 1.54) is 0 Å². The standard InChI is InChI=1S/C37H27N3O2/c1-39-19-20-40(26-39)30-11-8-15-33(24-30)42-32-14-7-10-29(22-32)37-23-28(17-18-38-37)36-25-34(41-31-12-3-2-4-13-31)21-27-9-5-6-16-35(27)36/h2-25H,1H3/q+2. The zero-order valence-corrected chi connectivity index (χ0v) is 23.0. The van der Waals surface area contributed by atoms with Crippen LogP contribution in [0.3, 0.4) is 0 Å². The second kappa shape index (κ2) is 11.0. The van der Waals surface area contributed by atoms with Gasteiger partial charge in [0.15, 0.2) is 7.05 Å². The lowest BCUT2D eigenvalue weighted by Crippen LogP contribution is -1.94. The number of nitrogens with zero attached hydrogens (tertiary/aromatic N) is 3. The Kier molecular flexibility index (Phi) is 6.61. The topological polar surface area (TPSA) is 37.4 Å². The zero-order valence-electron chi connectivity index (χ0n) is 23.0. The van der Waals surface area contributed by atoms with Gasteiger partial charge >= 0.3 is 6.01 Å². The van der Waals surface area contributed by atoms with Gasteiger partial charge in [0.2, 0.25) is 11.9 Å². The van der Waals surface area contributed by atoms with Crippen LogP contribution in [-0.4, -0.2) is 27.2 Å². The molecule has 5 nitrogen and oxygen atoms in total. The van der Waals surface area contributed by atoms with Gasteiger partial charge in [0, 0.05) is 17.8 Å². The zero-order chi connectivity index (χ0) is 28.3. The lowest BCUT2D eigenvalue weighted by atomic mass is 9.97. The summed E-state index contributed by atoms with van der Waals surface area (Å²) in [4.78, 5) is 4.71. The molecule has 0 bridgehead atoms. The van der Waals surface area contributed by atoms with Crippen molar-refractivity contribution in [2.45, 2.75) is 0 Å². The van der Waals surface area contributed by atoms with Crippen LogP contribution in [0, 0.1) is 0 Å². The van der Waals surface area contributed by atoms with Crippen LogP contribution in [0.15, 0.2) is 146 Å². The second-order valence-corrected chi connectivity index (χ2v) is 10.0. The molecule has 1 aliphatic heterocycles. The van der Waals surface area contributed by atoms with E-state index in [9.17, 15) is 0 Å². The molecule has 0 fully saturated rings. The van der Waals surface area contributed by atoms with Crippen LogP contribution in [0.5, 0.6) is 23.0 Å². The summed E-state index contributed by atoms with van der Waals surface area (Å²) in [6, 6.07) is 45.8. The highest BCUT2D eigenvalue weighted by Gasteiger charge is 2.17. The number of benzene rings is 5. The first-order chi connectivity index (χ1) is 20.7. The lowest BCUT2D eigenvalue weighted by Gasteiger charge is -2.13. The molecule has 0 unspecified atom stereocenters. The number of ether oxygens (including phenoxy) is 2. The Bertz CT molecular complexity index is 2040. The first kappa shape index (κ1) is 25.2. The fraction of sp³-hybridized carbons (Fsp3) is 0.0270. The fourth-order valence-electron chi connectivity index (χ4n) is 5.06. The van der Waals surface area contributed by atoms with Gasteiger partial charge in [-0.15, -0.1) is 0 Å². The fourth-order valence-corrected chi connectivity index (χ4v) is 5.06. The number of aromatic nitrogens is 1. The molecule has 0 radical (unpaired) electrons. The van der Waals surface area contributed by atoms with E-state index in [0.29, 0.717) is 0 Å². The average Bonchev–Trinajstić information content (AvgIpc) is 3.48. The highest BCUT2D eigenvalue weighted by Crippen LogP contribution is 2.36. The van der Waals surface area contributed by atoms with E-state index in [1.54, 1.807) is 0 Å². The van der Waals surface area contributed by atoms with Crippen LogP contribution in [0.1, 0.15) is 0 Å². The van der Waals surface area contributed by atoms with Gasteiger partial charge in [-0.2, -0.15) is 0 Å². The van der Waals surface area contributed by atoms with E-state index < -0.39 is 0 Å². The Morgan fingerprint density at radius 1 is 0.595 bits per heavy atom. The summed E-state index contributed by atoms with van der Waals surface area (Å²) in [6.07, 6.45) is 5.77. The molecule has 1 aliphatic rings.